The molecule has 2 amide bonds. The maximum Gasteiger partial charge on any atom is 0.226 e. The zero-order valence-corrected chi connectivity index (χ0v) is 14.4. The van der Waals surface area contributed by atoms with Crippen molar-refractivity contribution in [2.24, 2.45) is 5.92 Å². The Bertz CT molecular complexity index is 631. The molecule has 2 aliphatic rings. The lowest BCUT2D eigenvalue weighted by Gasteiger charge is -2.34. The first-order chi connectivity index (χ1) is 12.0. The smallest absolute Gasteiger partial charge is 0.226 e. The van der Waals surface area contributed by atoms with Crippen LogP contribution in [0.1, 0.15) is 25.7 Å². The van der Waals surface area contributed by atoms with E-state index in [4.69, 9.17) is 0 Å². The van der Waals surface area contributed by atoms with Crippen LogP contribution in [0.25, 0.3) is 0 Å². The summed E-state index contributed by atoms with van der Waals surface area (Å²) in [5, 5.41) is 9.68. The van der Waals surface area contributed by atoms with Gasteiger partial charge in [0.25, 0.3) is 0 Å². The third-order valence-corrected chi connectivity index (χ3v) is 4.92. The minimum atomic E-state index is -0.255. The topological polar surface area (TPSA) is 73.5 Å². The highest BCUT2D eigenvalue weighted by atomic mass is 19.1. The van der Waals surface area contributed by atoms with Gasteiger partial charge in [-0.25, -0.2) is 4.39 Å². The molecule has 2 aliphatic heterocycles. The number of halogens is 1. The fourth-order valence-electron chi connectivity index (χ4n) is 3.43. The molecular weight excluding hydrogens is 323 g/mol. The number of carbonyl (C=O) groups excluding carboxylic acids is 2. The molecule has 7 heteroatoms. The highest BCUT2D eigenvalue weighted by Gasteiger charge is 2.30. The van der Waals surface area contributed by atoms with E-state index in [9.17, 15) is 14.0 Å². The van der Waals surface area contributed by atoms with Gasteiger partial charge < -0.3 is 15.5 Å². The number of rotatable bonds is 4. The molecule has 3 N–H and O–H groups in total. The highest BCUT2D eigenvalue weighted by molar-refractivity contribution is 5.83. The summed E-state index contributed by atoms with van der Waals surface area (Å²) in [5.41, 5.74) is 0.768. The van der Waals surface area contributed by atoms with E-state index in [0.717, 1.165) is 18.5 Å². The van der Waals surface area contributed by atoms with Crippen molar-refractivity contribution in [1.29, 1.82) is 0 Å². The van der Waals surface area contributed by atoms with Crippen LogP contribution in [0.15, 0.2) is 24.3 Å². The molecule has 1 aromatic rings. The standard InChI is InChI=1S/C18H25FN4O2/c1-23-11-12(5-8-17(23)24)18(25)22-16-7-6-15(10-20-16)21-14-4-2-3-13(19)9-14/h2-4,9,12,15-16,20-21H,5-8,10-11H2,1H3,(H,22,25). The molecule has 2 fully saturated rings. The van der Waals surface area contributed by atoms with Crippen molar-refractivity contribution >= 4 is 17.5 Å². The molecule has 3 rings (SSSR count). The first-order valence-corrected chi connectivity index (χ1v) is 8.81. The number of hydrogen-bond acceptors (Lipinski definition) is 4. The molecule has 0 radical (unpaired) electrons. The van der Waals surface area contributed by atoms with Gasteiger partial charge in [-0.15, -0.1) is 0 Å². The maximum atomic E-state index is 13.2. The Morgan fingerprint density at radius 2 is 2.16 bits per heavy atom. The fourth-order valence-corrected chi connectivity index (χ4v) is 3.43. The van der Waals surface area contributed by atoms with E-state index in [0.29, 0.717) is 25.9 Å². The van der Waals surface area contributed by atoms with E-state index < -0.39 is 0 Å². The van der Waals surface area contributed by atoms with Crippen molar-refractivity contribution in [3.8, 4) is 0 Å². The minimum Gasteiger partial charge on any atom is -0.381 e. The number of anilines is 1. The van der Waals surface area contributed by atoms with Gasteiger partial charge in [-0.3, -0.25) is 14.9 Å². The molecule has 2 heterocycles. The number of benzene rings is 1. The summed E-state index contributed by atoms with van der Waals surface area (Å²) in [6.07, 6.45) is 2.69. The second kappa shape index (κ2) is 7.82. The van der Waals surface area contributed by atoms with Crippen LogP contribution < -0.4 is 16.0 Å². The molecule has 6 nitrogen and oxygen atoms in total. The van der Waals surface area contributed by atoms with Gasteiger partial charge in [0.1, 0.15) is 5.82 Å². The van der Waals surface area contributed by atoms with Crippen molar-refractivity contribution in [2.45, 2.75) is 37.9 Å². The van der Waals surface area contributed by atoms with Crippen LogP contribution in [-0.4, -0.2) is 49.1 Å². The van der Waals surface area contributed by atoms with E-state index in [-0.39, 0.29) is 35.8 Å². The lowest BCUT2D eigenvalue weighted by Crippen LogP contribution is -2.55. The molecule has 0 saturated carbocycles. The molecule has 0 aliphatic carbocycles. The monoisotopic (exact) mass is 348 g/mol. The lowest BCUT2D eigenvalue weighted by atomic mass is 9.96. The van der Waals surface area contributed by atoms with Crippen LogP contribution in [0.2, 0.25) is 0 Å². The molecule has 2 saturated heterocycles. The first-order valence-electron chi connectivity index (χ1n) is 8.81. The Labute approximate surface area is 147 Å². The number of nitrogens with zero attached hydrogens (tertiary/aromatic N) is 1. The van der Waals surface area contributed by atoms with Crippen molar-refractivity contribution in [3.05, 3.63) is 30.1 Å². The Hall–Kier alpha value is -2.15. The molecule has 25 heavy (non-hydrogen) atoms. The average molecular weight is 348 g/mol. The summed E-state index contributed by atoms with van der Waals surface area (Å²) < 4.78 is 13.2. The molecular formula is C18H25FN4O2. The summed E-state index contributed by atoms with van der Waals surface area (Å²) in [6, 6.07) is 6.63. The summed E-state index contributed by atoms with van der Waals surface area (Å²) in [7, 11) is 1.74. The predicted octanol–water partition coefficient (Wildman–Crippen LogP) is 1.30. The van der Waals surface area contributed by atoms with Crippen LogP contribution in [-0.2, 0) is 9.59 Å². The number of carbonyl (C=O) groups is 2. The van der Waals surface area contributed by atoms with E-state index in [1.54, 1.807) is 18.0 Å². The van der Waals surface area contributed by atoms with Gasteiger partial charge in [-0.2, -0.15) is 0 Å². The third kappa shape index (κ3) is 4.69. The van der Waals surface area contributed by atoms with E-state index in [1.165, 1.54) is 12.1 Å². The Balaban J connectivity index is 1.43. The van der Waals surface area contributed by atoms with Gasteiger partial charge in [-0.1, -0.05) is 6.07 Å². The number of hydrogen-bond donors (Lipinski definition) is 3. The highest BCUT2D eigenvalue weighted by Crippen LogP contribution is 2.18. The normalized spacial score (nSPS) is 27.0. The summed E-state index contributed by atoms with van der Waals surface area (Å²) in [6.45, 7) is 1.19. The molecule has 1 aromatic carbocycles. The van der Waals surface area contributed by atoms with Crippen LogP contribution >= 0.6 is 0 Å². The lowest BCUT2D eigenvalue weighted by molar-refractivity contribution is -0.137. The molecule has 0 spiro atoms. The average Bonchev–Trinajstić information content (AvgIpc) is 2.59. The van der Waals surface area contributed by atoms with Crippen molar-refractivity contribution < 1.29 is 14.0 Å². The Morgan fingerprint density at radius 3 is 2.84 bits per heavy atom. The number of piperidine rings is 2. The quantitative estimate of drug-likeness (QED) is 0.767. The SMILES string of the molecule is CN1CC(C(=O)NC2CCC(Nc3cccc(F)c3)CN2)CCC1=O. The second-order valence-electron chi connectivity index (χ2n) is 6.91. The van der Waals surface area contributed by atoms with Gasteiger partial charge >= 0.3 is 0 Å². The molecule has 3 unspecified atom stereocenters. The van der Waals surface area contributed by atoms with Gasteiger partial charge in [0.15, 0.2) is 0 Å². The summed E-state index contributed by atoms with van der Waals surface area (Å²) in [4.78, 5) is 25.5. The van der Waals surface area contributed by atoms with Crippen molar-refractivity contribution in [3.63, 3.8) is 0 Å². The fraction of sp³-hybridized carbons (Fsp3) is 0.556. The third-order valence-electron chi connectivity index (χ3n) is 4.92. The van der Waals surface area contributed by atoms with Crippen LogP contribution in [0.3, 0.4) is 0 Å². The summed E-state index contributed by atoms with van der Waals surface area (Å²) >= 11 is 0. The van der Waals surface area contributed by atoms with E-state index >= 15 is 0 Å². The number of likely N-dealkylation sites (tertiary alicyclic amines) is 1. The van der Waals surface area contributed by atoms with Crippen LogP contribution in [0, 0.1) is 11.7 Å². The Morgan fingerprint density at radius 1 is 1.32 bits per heavy atom. The number of amides is 2. The van der Waals surface area contributed by atoms with Crippen LogP contribution in [0.5, 0.6) is 0 Å². The molecule has 0 aromatic heterocycles. The molecule has 136 valence electrons. The summed E-state index contributed by atoms with van der Waals surface area (Å²) in [5.74, 6) is -0.276. The molecule has 3 atom stereocenters. The van der Waals surface area contributed by atoms with Crippen molar-refractivity contribution in [1.82, 2.24) is 15.5 Å². The van der Waals surface area contributed by atoms with Gasteiger partial charge in [0, 0.05) is 38.3 Å². The largest absolute Gasteiger partial charge is 0.381 e. The van der Waals surface area contributed by atoms with Gasteiger partial charge in [-0.05, 0) is 37.5 Å². The maximum absolute atomic E-state index is 13.2. The van der Waals surface area contributed by atoms with E-state index in [1.807, 2.05) is 6.07 Å². The Kier molecular flexibility index (Phi) is 5.53. The van der Waals surface area contributed by atoms with Crippen molar-refractivity contribution in [2.75, 3.05) is 25.5 Å². The van der Waals surface area contributed by atoms with Gasteiger partial charge in [0.05, 0.1) is 12.1 Å². The van der Waals surface area contributed by atoms with Gasteiger partial charge in [0.2, 0.25) is 11.8 Å². The minimum absolute atomic E-state index is 0.00777. The first kappa shape index (κ1) is 17.7. The molecule has 0 bridgehead atoms. The predicted molar refractivity (Wildman–Crippen MR) is 93.3 cm³/mol. The second-order valence-corrected chi connectivity index (χ2v) is 6.91. The zero-order valence-electron chi connectivity index (χ0n) is 14.4. The zero-order chi connectivity index (χ0) is 17.8. The van der Waals surface area contributed by atoms with Crippen LogP contribution in [0.4, 0.5) is 10.1 Å². The number of nitrogens with one attached hydrogen (secondary N) is 3. The van der Waals surface area contributed by atoms with E-state index in [2.05, 4.69) is 16.0 Å².